The van der Waals surface area contributed by atoms with Gasteiger partial charge in [-0.05, 0) is 42.2 Å². The van der Waals surface area contributed by atoms with Crippen molar-refractivity contribution < 1.29 is 4.79 Å². The maximum absolute atomic E-state index is 12.2. The van der Waals surface area contributed by atoms with Gasteiger partial charge in [-0.15, -0.1) is 11.8 Å². The fraction of sp³-hybridized carbons (Fsp3) is 0.286. The lowest BCUT2D eigenvalue weighted by Gasteiger charge is -2.08. The highest BCUT2D eigenvalue weighted by Gasteiger charge is 2.07. The molecule has 2 aromatic heterocycles. The van der Waals surface area contributed by atoms with Crippen molar-refractivity contribution in [3.05, 3.63) is 75.8 Å². The number of amides is 1. The number of hydrogen-bond acceptors (Lipinski definition) is 4. The van der Waals surface area contributed by atoms with E-state index in [0.29, 0.717) is 28.8 Å². The molecule has 0 saturated heterocycles. The average molecular weight is 382 g/mol. The molecular weight excluding hydrogens is 358 g/mol. The van der Waals surface area contributed by atoms with E-state index in [2.05, 4.69) is 24.1 Å². The Morgan fingerprint density at radius 3 is 2.63 bits per heavy atom. The summed E-state index contributed by atoms with van der Waals surface area (Å²) in [6.07, 6.45) is 1.78. The van der Waals surface area contributed by atoms with E-state index in [4.69, 9.17) is 0 Å². The van der Waals surface area contributed by atoms with Crippen molar-refractivity contribution in [3.63, 3.8) is 0 Å². The first-order valence-electron chi connectivity index (χ1n) is 8.89. The van der Waals surface area contributed by atoms with Crippen LogP contribution in [-0.2, 0) is 10.5 Å². The zero-order valence-electron chi connectivity index (χ0n) is 15.7. The Balaban J connectivity index is 1.56. The molecule has 0 unspecified atom stereocenters. The maximum Gasteiger partial charge on any atom is 0.258 e. The fourth-order valence-electron chi connectivity index (χ4n) is 2.73. The van der Waals surface area contributed by atoms with Crippen molar-refractivity contribution in [1.82, 2.24) is 9.38 Å². The first-order chi connectivity index (χ1) is 12.9. The van der Waals surface area contributed by atoms with E-state index in [0.717, 1.165) is 11.3 Å². The molecule has 0 saturated carbocycles. The van der Waals surface area contributed by atoms with Gasteiger partial charge in [0.1, 0.15) is 5.65 Å². The summed E-state index contributed by atoms with van der Waals surface area (Å²) >= 11 is 1.44. The molecule has 0 aliphatic rings. The van der Waals surface area contributed by atoms with Crippen molar-refractivity contribution in [1.29, 1.82) is 0 Å². The minimum atomic E-state index is -0.103. The van der Waals surface area contributed by atoms with Crippen LogP contribution < -0.4 is 10.9 Å². The number of benzene rings is 1. The van der Waals surface area contributed by atoms with Gasteiger partial charge in [-0.3, -0.25) is 14.0 Å². The molecule has 5 nitrogen and oxygen atoms in total. The zero-order chi connectivity index (χ0) is 19.4. The zero-order valence-corrected chi connectivity index (χ0v) is 16.5. The molecule has 1 N–H and O–H groups in total. The standard InChI is InChI=1S/C21H23N3O2S/c1-14(2)16-5-7-17(8-6-16)23-20(25)13-27-12-18-10-21(26)24-11-15(3)4-9-19(24)22-18/h4-11,14H,12-13H2,1-3H3,(H,23,25). The molecule has 0 fully saturated rings. The summed E-state index contributed by atoms with van der Waals surface area (Å²) in [6.45, 7) is 6.21. The van der Waals surface area contributed by atoms with Gasteiger partial charge in [0.2, 0.25) is 5.91 Å². The van der Waals surface area contributed by atoms with Crippen LogP contribution >= 0.6 is 11.8 Å². The molecule has 3 rings (SSSR count). The lowest BCUT2D eigenvalue weighted by Crippen LogP contribution is -2.16. The summed E-state index contributed by atoms with van der Waals surface area (Å²) in [7, 11) is 0. The van der Waals surface area contributed by atoms with Gasteiger partial charge >= 0.3 is 0 Å². The average Bonchev–Trinajstić information content (AvgIpc) is 2.63. The topological polar surface area (TPSA) is 63.5 Å². The molecule has 1 aromatic carbocycles. The highest BCUT2D eigenvalue weighted by atomic mass is 32.2. The monoisotopic (exact) mass is 381 g/mol. The molecule has 0 aliphatic carbocycles. The summed E-state index contributed by atoms with van der Waals surface area (Å²) in [6, 6.07) is 13.2. The van der Waals surface area contributed by atoms with Gasteiger partial charge in [0.15, 0.2) is 0 Å². The lowest BCUT2D eigenvalue weighted by atomic mass is 10.0. The van der Waals surface area contributed by atoms with Crippen LogP contribution in [0.5, 0.6) is 0 Å². The number of aromatic nitrogens is 2. The largest absolute Gasteiger partial charge is 0.325 e. The first-order valence-corrected chi connectivity index (χ1v) is 10.0. The number of carbonyl (C=O) groups excluding carboxylic acids is 1. The van der Waals surface area contributed by atoms with Crippen LogP contribution in [0.1, 0.15) is 36.6 Å². The van der Waals surface area contributed by atoms with Crippen LogP contribution in [0.15, 0.2) is 53.5 Å². The minimum Gasteiger partial charge on any atom is -0.325 e. The number of fused-ring (bicyclic) bond motifs is 1. The van der Waals surface area contributed by atoms with E-state index in [-0.39, 0.29) is 11.5 Å². The number of hydrogen-bond donors (Lipinski definition) is 1. The molecule has 0 radical (unpaired) electrons. The van der Waals surface area contributed by atoms with Crippen LogP contribution in [0.4, 0.5) is 5.69 Å². The van der Waals surface area contributed by atoms with E-state index in [1.807, 2.05) is 43.3 Å². The van der Waals surface area contributed by atoms with Crippen molar-refractivity contribution in [2.45, 2.75) is 32.4 Å². The summed E-state index contributed by atoms with van der Waals surface area (Å²) in [5, 5.41) is 2.90. The molecule has 1 amide bonds. The minimum absolute atomic E-state index is 0.0644. The van der Waals surface area contributed by atoms with Gasteiger partial charge in [0.05, 0.1) is 11.4 Å². The molecule has 0 bridgehead atoms. The molecule has 27 heavy (non-hydrogen) atoms. The van der Waals surface area contributed by atoms with Gasteiger partial charge in [0.25, 0.3) is 5.56 Å². The third kappa shape index (κ3) is 4.98. The maximum atomic E-state index is 12.2. The van der Waals surface area contributed by atoms with Crippen LogP contribution in [-0.4, -0.2) is 21.0 Å². The predicted octanol–water partition coefficient (Wildman–Crippen LogP) is 4.00. The van der Waals surface area contributed by atoms with Crippen molar-refractivity contribution in [3.8, 4) is 0 Å². The normalized spacial score (nSPS) is 11.1. The van der Waals surface area contributed by atoms with Crippen molar-refractivity contribution in [2.75, 3.05) is 11.1 Å². The van der Waals surface area contributed by atoms with E-state index >= 15 is 0 Å². The Bertz CT molecular complexity index is 1010. The lowest BCUT2D eigenvalue weighted by molar-refractivity contribution is -0.113. The quantitative estimate of drug-likeness (QED) is 0.701. The summed E-state index contributed by atoms with van der Waals surface area (Å²) in [5.74, 6) is 1.22. The highest BCUT2D eigenvalue weighted by Crippen LogP contribution is 2.17. The van der Waals surface area contributed by atoms with Gasteiger partial charge in [0, 0.05) is 23.7 Å². The Morgan fingerprint density at radius 2 is 1.93 bits per heavy atom. The van der Waals surface area contributed by atoms with Crippen molar-refractivity contribution in [2.24, 2.45) is 0 Å². The number of pyridine rings is 1. The molecule has 0 atom stereocenters. The number of nitrogens with zero attached hydrogens (tertiary/aromatic N) is 2. The molecule has 140 valence electrons. The van der Waals surface area contributed by atoms with Crippen LogP contribution in [0, 0.1) is 6.92 Å². The molecule has 3 aromatic rings. The predicted molar refractivity (Wildman–Crippen MR) is 112 cm³/mol. The Morgan fingerprint density at radius 1 is 1.19 bits per heavy atom. The van der Waals surface area contributed by atoms with Crippen LogP contribution in [0.25, 0.3) is 5.65 Å². The number of rotatable bonds is 6. The van der Waals surface area contributed by atoms with Crippen LogP contribution in [0.2, 0.25) is 0 Å². The fourth-order valence-corrected chi connectivity index (χ4v) is 3.45. The number of anilines is 1. The Hall–Kier alpha value is -2.60. The summed E-state index contributed by atoms with van der Waals surface area (Å²) in [5.41, 5.74) is 4.25. The van der Waals surface area contributed by atoms with E-state index in [9.17, 15) is 9.59 Å². The van der Waals surface area contributed by atoms with Gasteiger partial charge < -0.3 is 5.32 Å². The second kappa shape index (κ2) is 8.39. The Kier molecular flexibility index (Phi) is 5.96. The van der Waals surface area contributed by atoms with Gasteiger partial charge in [-0.2, -0.15) is 0 Å². The SMILES string of the molecule is Cc1ccc2nc(CSCC(=O)Nc3ccc(C(C)C)cc3)cc(=O)n2c1. The smallest absolute Gasteiger partial charge is 0.258 e. The molecule has 2 heterocycles. The van der Waals surface area contributed by atoms with Crippen molar-refractivity contribution >= 4 is 29.0 Å². The molecular formula is C21H23N3O2S. The van der Waals surface area contributed by atoms with Gasteiger partial charge in [-0.25, -0.2) is 4.98 Å². The molecule has 0 spiro atoms. The summed E-state index contributed by atoms with van der Waals surface area (Å²) in [4.78, 5) is 28.8. The van der Waals surface area contributed by atoms with Crippen LogP contribution in [0.3, 0.4) is 0 Å². The second-order valence-corrected chi connectivity index (χ2v) is 7.82. The third-order valence-corrected chi connectivity index (χ3v) is 5.17. The molecule has 0 aliphatic heterocycles. The second-order valence-electron chi connectivity index (χ2n) is 6.84. The number of thioether (sulfide) groups is 1. The van der Waals surface area contributed by atoms with E-state index < -0.39 is 0 Å². The Labute approximate surface area is 162 Å². The number of carbonyl (C=O) groups is 1. The summed E-state index contributed by atoms with van der Waals surface area (Å²) < 4.78 is 1.54. The highest BCUT2D eigenvalue weighted by molar-refractivity contribution is 7.99. The van der Waals surface area contributed by atoms with E-state index in [1.165, 1.54) is 27.8 Å². The number of aryl methyl sites for hydroxylation is 1. The number of nitrogens with one attached hydrogen (secondary N) is 1. The first kappa shape index (κ1) is 19.2. The molecule has 6 heteroatoms. The third-order valence-electron chi connectivity index (χ3n) is 4.20. The van der Waals surface area contributed by atoms with Gasteiger partial charge in [-0.1, -0.05) is 32.0 Å². The van der Waals surface area contributed by atoms with E-state index in [1.54, 1.807) is 6.20 Å².